The Kier molecular flexibility index (Phi) is 3.92. The number of hydrogen-bond donors (Lipinski definition) is 1. The highest BCUT2D eigenvalue weighted by atomic mass is 79.9. The van der Waals surface area contributed by atoms with Crippen molar-refractivity contribution in [2.45, 2.75) is 19.9 Å². The topological polar surface area (TPSA) is 46.9 Å². The van der Waals surface area contributed by atoms with Gasteiger partial charge in [0.25, 0.3) is 5.56 Å². The largest absolute Gasteiger partial charge is 0.372 e. The van der Waals surface area contributed by atoms with Crippen LogP contribution in [0.15, 0.2) is 15.5 Å². The minimum absolute atomic E-state index is 0.0375. The fourth-order valence-electron chi connectivity index (χ4n) is 1.08. The predicted octanol–water partition coefficient (Wildman–Crippen LogP) is 1.63. The fraction of sp³-hybridized carbons (Fsp3) is 0.400. The van der Waals surface area contributed by atoms with Gasteiger partial charge in [0.05, 0.1) is 24.5 Å². The molecule has 1 aromatic rings. The first-order valence-electron chi connectivity index (χ1n) is 4.52. The van der Waals surface area contributed by atoms with Crippen LogP contribution in [0.1, 0.15) is 19.9 Å². The molecule has 0 aliphatic rings. The Morgan fingerprint density at radius 2 is 2.40 bits per heavy atom. The van der Waals surface area contributed by atoms with Crippen LogP contribution in [0.5, 0.6) is 0 Å². The molecule has 0 saturated heterocycles. The first-order valence-corrected chi connectivity index (χ1v) is 5.32. The van der Waals surface area contributed by atoms with Crippen molar-refractivity contribution in [3.05, 3.63) is 21.0 Å². The summed E-state index contributed by atoms with van der Waals surface area (Å²) in [5, 5.41) is 6.95. The maximum atomic E-state index is 11.8. The molecule has 15 heavy (non-hydrogen) atoms. The van der Waals surface area contributed by atoms with Gasteiger partial charge >= 0.3 is 0 Å². The zero-order valence-corrected chi connectivity index (χ0v) is 10.2. The van der Waals surface area contributed by atoms with Crippen molar-refractivity contribution in [3.63, 3.8) is 0 Å². The van der Waals surface area contributed by atoms with E-state index >= 15 is 0 Å². The van der Waals surface area contributed by atoms with Gasteiger partial charge in [-0.2, -0.15) is 5.10 Å². The molecule has 0 unspecified atom stereocenters. The number of rotatable bonds is 3. The summed E-state index contributed by atoms with van der Waals surface area (Å²) in [5.41, 5.74) is 0.460. The van der Waals surface area contributed by atoms with Crippen molar-refractivity contribution >= 4 is 21.6 Å². The quantitative estimate of drug-likeness (QED) is 0.849. The van der Waals surface area contributed by atoms with E-state index in [1.54, 1.807) is 6.20 Å². The van der Waals surface area contributed by atoms with E-state index in [1.165, 1.54) is 4.68 Å². The fourth-order valence-corrected chi connectivity index (χ4v) is 1.51. The van der Waals surface area contributed by atoms with E-state index in [0.717, 1.165) is 0 Å². The molecule has 0 amide bonds. The third-order valence-corrected chi connectivity index (χ3v) is 2.58. The summed E-state index contributed by atoms with van der Waals surface area (Å²) in [6.45, 7) is 4.16. The van der Waals surface area contributed by atoms with Gasteiger partial charge in [-0.05, 0) is 29.8 Å². The van der Waals surface area contributed by atoms with Crippen LogP contribution >= 0.6 is 15.9 Å². The van der Waals surface area contributed by atoms with Gasteiger partial charge < -0.3 is 5.32 Å². The lowest BCUT2D eigenvalue weighted by Crippen LogP contribution is -2.26. The van der Waals surface area contributed by atoms with Gasteiger partial charge in [0.1, 0.15) is 4.47 Å². The average Bonchev–Trinajstić information content (AvgIpc) is 2.20. The van der Waals surface area contributed by atoms with Crippen molar-refractivity contribution in [1.82, 2.24) is 9.78 Å². The molecule has 1 aromatic heterocycles. The summed E-state index contributed by atoms with van der Waals surface area (Å²) >= 11 is 3.23. The SMILES string of the molecule is C#CCNc1cnn(C(C)C)c(=O)c1Br. The molecule has 80 valence electrons. The van der Waals surface area contributed by atoms with Gasteiger partial charge in [0.2, 0.25) is 0 Å². The Morgan fingerprint density at radius 3 is 2.93 bits per heavy atom. The zero-order chi connectivity index (χ0) is 11.4. The normalized spacial score (nSPS) is 10.1. The van der Waals surface area contributed by atoms with Gasteiger partial charge in [0.15, 0.2) is 0 Å². The standard InChI is InChI=1S/C10H12BrN3O/c1-4-5-12-8-6-13-14(7(2)3)10(15)9(8)11/h1,6-7,12H,5H2,2-3H3. The summed E-state index contributed by atoms with van der Waals surface area (Å²) in [4.78, 5) is 11.8. The van der Waals surface area contributed by atoms with Crippen LogP contribution in [-0.4, -0.2) is 16.3 Å². The molecule has 1 N–H and O–H groups in total. The smallest absolute Gasteiger partial charge is 0.283 e. The Balaban J connectivity index is 3.11. The van der Waals surface area contributed by atoms with E-state index in [1.807, 2.05) is 13.8 Å². The highest BCUT2D eigenvalue weighted by molar-refractivity contribution is 9.10. The van der Waals surface area contributed by atoms with E-state index in [0.29, 0.717) is 16.7 Å². The van der Waals surface area contributed by atoms with Crippen molar-refractivity contribution in [2.75, 3.05) is 11.9 Å². The lowest BCUT2D eigenvalue weighted by molar-refractivity contribution is 0.501. The van der Waals surface area contributed by atoms with Crippen molar-refractivity contribution in [1.29, 1.82) is 0 Å². The lowest BCUT2D eigenvalue weighted by atomic mass is 10.4. The van der Waals surface area contributed by atoms with E-state index in [9.17, 15) is 4.79 Å². The average molecular weight is 270 g/mol. The van der Waals surface area contributed by atoms with Crippen LogP contribution in [0.2, 0.25) is 0 Å². The van der Waals surface area contributed by atoms with Gasteiger partial charge in [-0.25, -0.2) is 4.68 Å². The number of halogens is 1. The molecule has 5 heteroatoms. The molecule has 1 rings (SSSR count). The van der Waals surface area contributed by atoms with Crippen LogP contribution in [0, 0.1) is 12.3 Å². The van der Waals surface area contributed by atoms with E-state index in [2.05, 4.69) is 32.3 Å². The highest BCUT2D eigenvalue weighted by Crippen LogP contribution is 2.16. The van der Waals surface area contributed by atoms with Crippen LogP contribution in [0.3, 0.4) is 0 Å². The number of nitrogens with zero attached hydrogens (tertiary/aromatic N) is 2. The maximum absolute atomic E-state index is 11.8. The number of hydrogen-bond acceptors (Lipinski definition) is 3. The van der Waals surface area contributed by atoms with Crippen LogP contribution in [-0.2, 0) is 0 Å². The third-order valence-electron chi connectivity index (χ3n) is 1.81. The molecule has 1 heterocycles. The summed E-state index contributed by atoms with van der Waals surface area (Å²) in [7, 11) is 0. The molecule has 0 fully saturated rings. The zero-order valence-electron chi connectivity index (χ0n) is 8.62. The second kappa shape index (κ2) is 4.99. The molecule has 0 atom stereocenters. The molecule has 0 radical (unpaired) electrons. The molecule has 0 aliphatic carbocycles. The molecular weight excluding hydrogens is 258 g/mol. The number of nitrogens with one attached hydrogen (secondary N) is 1. The van der Waals surface area contributed by atoms with Crippen molar-refractivity contribution in [3.8, 4) is 12.3 Å². The Morgan fingerprint density at radius 1 is 1.73 bits per heavy atom. The number of anilines is 1. The summed E-state index contributed by atoms with van der Waals surface area (Å²) in [5.74, 6) is 2.43. The third kappa shape index (κ3) is 2.60. The van der Waals surface area contributed by atoms with Crippen molar-refractivity contribution < 1.29 is 0 Å². The summed E-state index contributed by atoms with van der Waals surface area (Å²) in [6.07, 6.45) is 6.70. The van der Waals surface area contributed by atoms with E-state index in [-0.39, 0.29) is 11.6 Å². The predicted molar refractivity (Wildman–Crippen MR) is 63.9 cm³/mol. The number of terminal acetylenes is 1. The molecule has 0 aliphatic heterocycles. The van der Waals surface area contributed by atoms with Crippen LogP contribution in [0.4, 0.5) is 5.69 Å². The summed E-state index contributed by atoms with van der Waals surface area (Å²) < 4.78 is 1.87. The molecule has 0 bridgehead atoms. The Labute approximate surface area is 96.8 Å². The van der Waals surface area contributed by atoms with Gasteiger partial charge in [-0.3, -0.25) is 4.79 Å². The van der Waals surface area contributed by atoms with Crippen LogP contribution in [0.25, 0.3) is 0 Å². The molecule has 4 nitrogen and oxygen atoms in total. The minimum atomic E-state index is -0.160. The first kappa shape index (κ1) is 11.8. The van der Waals surface area contributed by atoms with Crippen molar-refractivity contribution in [2.24, 2.45) is 0 Å². The Hall–Kier alpha value is -1.28. The molecular formula is C10H12BrN3O. The molecule has 0 aromatic carbocycles. The monoisotopic (exact) mass is 269 g/mol. The molecule has 0 saturated carbocycles. The van der Waals surface area contributed by atoms with Gasteiger partial charge in [-0.15, -0.1) is 6.42 Å². The second-order valence-corrected chi connectivity index (χ2v) is 4.07. The second-order valence-electron chi connectivity index (χ2n) is 3.27. The van der Waals surface area contributed by atoms with Gasteiger partial charge in [0, 0.05) is 0 Å². The first-order chi connectivity index (χ1) is 7.07. The lowest BCUT2D eigenvalue weighted by Gasteiger charge is -2.11. The highest BCUT2D eigenvalue weighted by Gasteiger charge is 2.09. The van der Waals surface area contributed by atoms with E-state index in [4.69, 9.17) is 6.42 Å². The minimum Gasteiger partial charge on any atom is -0.372 e. The Bertz CT molecular complexity index is 445. The summed E-state index contributed by atoms with van der Waals surface area (Å²) in [6, 6.07) is 0.0375. The molecule has 0 spiro atoms. The van der Waals surface area contributed by atoms with Crippen LogP contribution < -0.4 is 10.9 Å². The number of aromatic nitrogens is 2. The van der Waals surface area contributed by atoms with Gasteiger partial charge in [-0.1, -0.05) is 5.92 Å². The van der Waals surface area contributed by atoms with E-state index < -0.39 is 0 Å². The maximum Gasteiger partial charge on any atom is 0.283 e.